The second-order valence-corrected chi connectivity index (χ2v) is 2.44. The molecule has 4 N–H and O–H groups in total. The third-order valence-electron chi connectivity index (χ3n) is 1.37. The SMILES string of the molecule is CCNC(=O)CC[C@H](N)C(=O)O.[Au]. The molecule has 0 bridgehead atoms. The molecule has 1 amide bonds. The van der Waals surface area contributed by atoms with Crippen molar-refractivity contribution in [3.63, 3.8) is 0 Å². The Morgan fingerprint density at radius 3 is 2.46 bits per heavy atom. The van der Waals surface area contributed by atoms with E-state index >= 15 is 0 Å². The van der Waals surface area contributed by atoms with Crippen LogP contribution in [0, 0.1) is 0 Å². The smallest absolute Gasteiger partial charge is 0.320 e. The van der Waals surface area contributed by atoms with E-state index in [4.69, 9.17) is 10.8 Å². The number of carbonyl (C=O) groups is 2. The average molecular weight is 371 g/mol. The Kier molecular flexibility index (Phi) is 9.60. The Morgan fingerprint density at radius 1 is 1.54 bits per heavy atom. The van der Waals surface area contributed by atoms with E-state index in [-0.39, 0.29) is 41.1 Å². The standard InChI is InChI=1S/C7H14N2O3.Au/c1-2-9-6(10)4-3-5(8)7(11)12;/h5H,2-4,8H2,1H3,(H,9,10)(H,11,12);/t5-;/m0./s1. The number of nitrogens with one attached hydrogen (secondary N) is 1. The molecule has 1 atom stereocenters. The van der Waals surface area contributed by atoms with E-state index in [0.717, 1.165) is 0 Å². The first-order valence-electron chi connectivity index (χ1n) is 3.83. The fourth-order valence-corrected chi connectivity index (χ4v) is 0.696. The molecule has 0 saturated heterocycles. The van der Waals surface area contributed by atoms with Gasteiger partial charge in [-0.3, -0.25) is 9.59 Å². The van der Waals surface area contributed by atoms with Crippen LogP contribution in [0.4, 0.5) is 0 Å². The van der Waals surface area contributed by atoms with E-state index < -0.39 is 12.0 Å². The first kappa shape index (κ1) is 15.1. The first-order chi connectivity index (χ1) is 5.57. The summed E-state index contributed by atoms with van der Waals surface area (Å²) in [6.45, 7) is 2.36. The normalized spacial score (nSPS) is 11.2. The summed E-state index contributed by atoms with van der Waals surface area (Å²) < 4.78 is 0. The maximum absolute atomic E-state index is 10.8. The van der Waals surface area contributed by atoms with Crippen molar-refractivity contribution in [1.82, 2.24) is 5.32 Å². The van der Waals surface area contributed by atoms with E-state index in [2.05, 4.69) is 5.32 Å². The van der Waals surface area contributed by atoms with Gasteiger partial charge in [0.2, 0.25) is 5.91 Å². The van der Waals surface area contributed by atoms with Gasteiger partial charge in [-0.2, -0.15) is 0 Å². The predicted octanol–water partition coefficient (Wildman–Crippen LogP) is -0.688. The fraction of sp³-hybridized carbons (Fsp3) is 0.714. The van der Waals surface area contributed by atoms with E-state index in [1.165, 1.54) is 0 Å². The molecule has 5 nitrogen and oxygen atoms in total. The van der Waals surface area contributed by atoms with E-state index in [1.807, 2.05) is 0 Å². The van der Waals surface area contributed by atoms with Gasteiger partial charge in [-0.1, -0.05) is 0 Å². The van der Waals surface area contributed by atoms with Crippen LogP contribution in [0.1, 0.15) is 19.8 Å². The second kappa shape index (κ2) is 8.25. The summed E-state index contributed by atoms with van der Waals surface area (Å²) in [6, 6.07) is -0.937. The molecule has 0 aromatic rings. The van der Waals surface area contributed by atoms with Gasteiger partial charge in [-0.05, 0) is 13.3 Å². The van der Waals surface area contributed by atoms with Crippen LogP contribution in [0.2, 0.25) is 0 Å². The van der Waals surface area contributed by atoms with E-state index in [9.17, 15) is 9.59 Å². The van der Waals surface area contributed by atoms with E-state index in [1.54, 1.807) is 6.92 Å². The van der Waals surface area contributed by atoms with Crippen LogP contribution in [-0.4, -0.2) is 29.6 Å². The maximum Gasteiger partial charge on any atom is 0.320 e. The molecule has 0 aliphatic heterocycles. The van der Waals surface area contributed by atoms with Gasteiger partial charge in [0, 0.05) is 35.3 Å². The Morgan fingerprint density at radius 2 is 2.08 bits per heavy atom. The Labute approximate surface area is 92.6 Å². The van der Waals surface area contributed by atoms with Crippen molar-refractivity contribution in [3.05, 3.63) is 0 Å². The number of carboxylic acids is 1. The fourth-order valence-electron chi connectivity index (χ4n) is 0.696. The predicted molar refractivity (Wildman–Crippen MR) is 43.5 cm³/mol. The minimum Gasteiger partial charge on any atom is -0.480 e. The Hall–Kier alpha value is -0.360. The molecule has 0 heterocycles. The van der Waals surface area contributed by atoms with Crippen LogP contribution < -0.4 is 11.1 Å². The third kappa shape index (κ3) is 7.98. The molecule has 0 rings (SSSR count). The molecule has 0 aliphatic rings. The zero-order chi connectivity index (χ0) is 9.56. The van der Waals surface area contributed by atoms with Gasteiger partial charge in [0.25, 0.3) is 0 Å². The van der Waals surface area contributed by atoms with Crippen molar-refractivity contribution >= 4 is 11.9 Å². The molecule has 81 valence electrons. The summed E-state index contributed by atoms with van der Waals surface area (Å²) in [5.74, 6) is -1.23. The number of carboxylic acid groups (broad SMARTS) is 1. The summed E-state index contributed by atoms with van der Waals surface area (Å²) in [6.07, 6.45) is 0.350. The van der Waals surface area contributed by atoms with Gasteiger partial charge in [-0.15, -0.1) is 0 Å². The third-order valence-corrected chi connectivity index (χ3v) is 1.37. The Balaban J connectivity index is 0. The average Bonchev–Trinajstić information content (AvgIpc) is 2.00. The monoisotopic (exact) mass is 371 g/mol. The molecule has 1 radical (unpaired) electrons. The summed E-state index contributed by atoms with van der Waals surface area (Å²) >= 11 is 0. The number of rotatable bonds is 5. The quantitative estimate of drug-likeness (QED) is 0.558. The summed E-state index contributed by atoms with van der Waals surface area (Å²) in [7, 11) is 0. The molecule has 0 fully saturated rings. The molecule has 0 aromatic carbocycles. The number of hydrogen-bond donors (Lipinski definition) is 3. The molecule has 0 aliphatic carbocycles. The van der Waals surface area contributed by atoms with Gasteiger partial charge in [0.15, 0.2) is 0 Å². The molecular formula is C7H14AuN2O3. The van der Waals surface area contributed by atoms with Crippen LogP contribution in [0.25, 0.3) is 0 Å². The van der Waals surface area contributed by atoms with E-state index in [0.29, 0.717) is 6.54 Å². The molecule has 0 saturated carbocycles. The molecule has 0 unspecified atom stereocenters. The van der Waals surface area contributed by atoms with Crippen molar-refractivity contribution in [2.75, 3.05) is 6.54 Å². The maximum atomic E-state index is 10.8. The van der Waals surface area contributed by atoms with Crippen LogP contribution in [0.3, 0.4) is 0 Å². The van der Waals surface area contributed by atoms with Crippen LogP contribution in [-0.2, 0) is 32.0 Å². The van der Waals surface area contributed by atoms with Crippen molar-refractivity contribution in [2.24, 2.45) is 5.73 Å². The summed E-state index contributed by atoms with van der Waals surface area (Å²) in [5, 5.41) is 10.9. The van der Waals surface area contributed by atoms with Gasteiger partial charge >= 0.3 is 5.97 Å². The first-order valence-corrected chi connectivity index (χ1v) is 3.83. The van der Waals surface area contributed by atoms with Gasteiger partial charge in [0.1, 0.15) is 6.04 Å². The van der Waals surface area contributed by atoms with Gasteiger partial charge in [-0.25, -0.2) is 0 Å². The van der Waals surface area contributed by atoms with Crippen LogP contribution in [0.15, 0.2) is 0 Å². The van der Waals surface area contributed by atoms with Crippen LogP contribution >= 0.6 is 0 Å². The molecular weight excluding hydrogens is 357 g/mol. The molecule has 0 spiro atoms. The number of hydrogen-bond acceptors (Lipinski definition) is 3. The zero-order valence-corrected chi connectivity index (χ0v) is 9.51. The molecule has 13 heavy (non-hydrogen) atoms. The van der Waals surface area contributed by atoms with Gasteiger partial charge < -0.3 is 16.2 Å². The number of carbonyl (C=O) groups excluding carboxylic acids is 1. The number of aliphatic carboxylic acids is 1. The number of amides is 1. The molecule has 0 aromatic heterocycles. The minimum atomic E-state index is -1.07. The summed E-state index contributed by atoms with van der Waals surface area (Å²) in [4.78, 5) is 21.0. The summed E-state index contributed by atoms with van der Waals surface area (Å²) in [5.41, 5.74) is 5.18. The van der Waals surface area contributed by atoms with Crippen molar-refractivity contribution < 1.29 is 37.1 Å². The van der Waals surface area contributed by atoms with Gasteiger partial charge in [0.05, 0.1) is 0 Å². The number of nitrogens with two attached hydrogens (primary N) is 1. The van der Waals surface area contributed by atoms with Crippen molar-refractivity contribution in [2.45, 2.75) is 25.8 Å². The minimum absolute atomic E-state index is 0. The zero-order valence-electron chi connectivity index (χ0n) is 7.34. The van der Waals surface area contributed by atoms with Crippen molar-refractivity contribution in [3.8, 4) is 0 Å². The Bertz CT molecular complexity index is 175. The topological polar surface area (TPSA) is 92.4 Å². The second-order valence-electron chi connectivity index (χ2n) is 2.44. The largest absolute Gasteiger partial charge is 0.480 e. The molecule has 6 heteroatoms. The van der Waals surface area contributed by atoms with Crippen LogP contribution in [0.5, 0.6) is 0 Å². The van der Waals surface area contributed by atoms with Crippen molar-refractivity contribution in [1.29, 1.82) is 0 Å².